The van der Waals surface area contributed by atoms with E-state index in [9.17, 15) is 13.2 Å². The molecule has 1 amide bonds. The fraction of sp³-hybridized carbons (Fsp3) is 0.588. The molecule has 1 N–H and O–H groups in total. The van der Waals surface area contributed by atoms with Crippen LogP contribution in [0.5, 0.6) is 0 Å². The van der Waals surface area contributed by atoms with E-state index in [1.165, 1.54) is 29.1 Å². The van der Waals surface area contributed by atoms with Crippen molar-refractivity contribution >= 4 is 27.3 Å². The van der Waals surface area contributed by atoms with E-state index in [0.29, 0.717) is 0 Å². The van der Waals surface area contributed by atoms with Gasteiger partial charge in [-0.2, -0.15) is 4.31 Å². The van der Waals surface area contributed by atoms with Crippen molar-refractivity contribution in [2.24, 2.45) is 0 Å². The number of anilines is 2. The van der Waals surface area contributed by atoms with E-state index < -0.39 is 10.0 Å². The predicted octanol–water partition coefficient (Wildman–Crippen LogP) is 2.04. The zero-order valence-electron chi connectivity index (χ0n) is 14.1. The minimum absolute atomic E-state index is 0.0903. The van der Waals surface area contributed by atoms with E-state index in [1.54, 1.807) is 0 Å². The van der Waals surface area contributed by atoms with Crippen molar-refractivity contribution in [1.82, 2.24) is 4.31 Å². The average molecular weight is 351 g/mol. The van der Waals surface area contributed by atoms with E-state index in [-0.39, 0.29) is 24.9 Å². The van der Waals surface area contributed by atoms with Gasteiger partial charge in [-0.1, -0.05) is 0 Å². The molecule has 0 unspecified atom stereocenters. The van der Waals surface area contributed by atoms with Gasteiger partial charge in [0.1, 0.15) is 0 Å². The molecule has 2 fully saturated rings. The number of carbonyl (C=O) groups is 1. The minimum Gasteiger partial charge on any atom is -0.372 e. The normalized spacial score (nSPS) is 18.2. The smallest absolute Gasteiger partial charge is 0.225 e. The molecule has 132 valence electrons. The molecular weight excluding hydrogens is 326 g/mol. The first-order chi connectivity index (χ1) is 11.4. The number of nitrogens with one attached hydrogen (secondary N) is 1. The molecule has 6 nitrogen and oxygen atoms in total. The van der Waals surface area contributed by atoms with Crippen molar-refractivity contribution in [2.45, 2.75) is 38.1 Å². The molecule has 7 heteroatoms. The van der Waals surface area contributed by atoms with E-state index in [0.717, 1.165) is 31.6 Å². The molecule has 1 saturated heterocycles. The Balaban J connectivity index is 1.51. The third-order valence-corrected chi connectivity index (χ3v) is 5.89. The molecule has 1 aliphatic carbocycles. The molecule has 24 heavy (non-hydrogen) atoms. The second-order valence-electron chi connectivity index (χ2n) is 6.64. The number of amides is 1. The Hall–Kier alpha value is -1.60. The Morgan fingerprint density at radius 1 is 1.21 bits per heavy atom. The highest BCUT2D eigenvalue weighted by Crippen LogP contribution is 2.29. The molecule has 0 atom stereocenters. The van der Waals surface area contributed by atoms with Crippen molar-refractivity contribution in [3.05, 3.63) is 24.3 Å². The first-order valence-electron chi connectivity index (χ1n) is 8.55. The summed E-state index contributed by atoms with van der Waals surface area (Å²) < 4.78 is 24.9. The van der Waals surface area contributed by atoms with Crippen molar-refractivity contribution in [3.63, 3.8) is 0 Å². The zero-order chi connectivity index (χ0) is 17.2. The predicted molar refractivity (Wildman–Crippen MR) is 95.7 cm³/mol. The minimum atomic E-state index is -3.24. The Morgan fingerprint density at radius 3 is 2.38 bits per heavy atom. The van der Waals surface area contributed by atoms with Crippen molar-refractivity contribution < 1.29 is 13.2 Å². The van der Waals surface area contributed by atoms with Crippen molar-refractivity contribution in [2.75, 3.05) is 36.1 Å². The van der Waals surface area contributed by atoms with Crippen molar-refractivity contribution in [1.29, 1.82) is 0 Å². The maximum Gasteiger partial charge on any atom is 0.225 e. The average Bonchev–Trinajstić information content (AvgIpc) is 3.19. The Bertz CT molecular complexity index is 678. The summed E-state index contributed by atoms with van der Waals surface area (Å²) in [4.78, 5) is 14.4. The van der Waals surface area contributed by atoms with Gasteiger partial charge in [0.2, 0.25) is 15.9 Å². The molecule has 1 aliphatic heterocycles. The molecule has 1 heterocycles. The van der Waals surface area contributed by atoms with E-state index >= 15 is 0 Å². The van der Waals surface area contributed by atoms with Crippen LogP contribution < -0.4 is 10.2 Å². The van der Waals surface area contributed by atoms with Gasteiger partial charge in [0.25, 0.3) is 0 Å². The second kappa shape index (κ2) is 7.11. The molecule has 0 spiro atoms. The number of hydrogen-bond donors (Lipinski definition) is 1. The molecule has 3 rings (SSSR count). The molecule has 0 aromatic heterocycles. The van der Waals surface area contributed by atoms with Gasteiger partial charge in [0.05, 0.1) is 6.26 Å². The zero-order valence-corrected chi connectivity index (χ0v) is 14.9. The van der Waals surface area contributed by atoms with Crippen LogP contribution in [0, 0.1) is 0 Å². The van der Waals surface area contributed by atoms with Gasteiger partial charge in [-0.3, -0.25) is 4.79 Å². The lowest BCUT2D eigenvalue weighted by atomic mass is 10.2. The number of rotatable bonds is 7. The molecule has 2 aliphatic rings. The topological polar surface area (TPSA) is 69.7 Å². The van der Waals surface area contributed by atoms with Gasteiger partial charge in [-0.15, -0.1) is 0 Å². The van der Waals surface area contributed by atoms with Crippen LogP contribution in [0.25, 0.3) is 0 Å². The van der Waals surface area contributed by atoms with Gasteiger partial charge in [-0.05, 0) is 49.9 Å². The van der Waals surface area contributed by atoms with Crippen LogP contribution in [0.1, 0.15) is 32.1 Å². The summed E-state index contributed by atoms with van der Waals surface area (Å²) >= 11 is 0. The second-order valence-corrected chi connectivity index (χ2v) is 8.58. The number of sulfonamides is 1. The lowest BCUT2D eigenvalue weighted by Gasteiger charge is -2.19. The highest BCUT2D eigenvalue weighted by Gasteiger charge is 2.34. The van der Waals surface area contributed by atoms with E-state index in [2.05, 4.69) is 10.2 Å². The summed E-state index contributed by atoms with van der Waals surface area (Å²) in [5, 5.41) is 2.85. The van der Waals surface area contributed by atoms with Gasteiger partial charge in [0, 0.05) is 43.5 Å². The molecule has 1 aromatic carbocycles. The third-order valence-electron chi connectivity index (χ3n) is 4.56. The van der Waals surface area contributed by atoms with Crippen LogP contribution >= 0.6 is 0 Å². The van der Waals surface area contributed by atoms with E-state index in [4.69, 9.17) is 0 Å². The molecule has 1 aromatic rings. The van der Waals surface area contributed by atoms with Crippen LogP contribution in [0.15, 0.2) is 24.3 Å². The van der Waals surface area contributed by atoms with Crippen LogP contribution in [0.4, 0.5) is 11.4 Å². The Morgan fingerprint density at radius 2 is 1.83 bits per heavy atom. The Labute approximate surface area is 143 Å². The number of carbonyl (C=O) groups excluding carboxylic acids is 1. The summed E-state index contributed by atoms with van der Waals surface area (Å²) in [6.07, 6.45) is 5.64. The highest BCUT2D eigenvalue weighted by atomic mass is 32.2. The van der Waals surface area contributed by atoms with Gasteiger partial charge in [-0.25, -0.2) is 8.42 Å². The molecule has 0 radical (unpaired) electrons. The number of hydrogen-bond acceptors (Lipinski definition) is 4. The maximum absolute atomic E-state index is 12.1. The molecule has 0 bridgehead atoms. The first kappa shape index (κ1) is 17.2. The summed E-state index contributed by atoms with van der Waals surface area (Å²) in [6.45, 7) is 2.43. The first-order valence-corrected chi connectivity index (χ1v) is 10.4. The van der Waals surface area contributed by atoms with Gasteiger partial charge in [0.15, 0.2) is 0 Å². The monoisotopic (exact) mass is 351 g/mol. The molecular formula is C17H25N3O3S. The standard InChI is InChI=1S/C17H25N3O3S/c1-24(22,23)20(16-8-9-16)13-10-17(21)18-14-4-6-15(7-5-14)19-11-2-3-12-19/h4-7,16H,2-3,8-13H2,1H3,(H,18,21). The van der Waals surface area contributed by atoms with Gasteiger partial charge < -0.3 is 10.2 Å². The summed E-state index contributed by atoms with van der Waals surface area (Å²) in [5.41, 5.74) is 1.93. The van der Waals surface area contributed by atoms with E-state index in [1.807, 2.05) is 24.3 Å². The van der Waals surface area contributed by atoms with Crippen LogP contribution in [-0.4, -0.2) is 50.6 Å². The largest absolute Gasteiger partial charge is 0.372 e. The fourth-order valence-corrected chi connectivity index (χ4v) is 4.32. The summed E-state index contributed by atoms with van der Waals surface area (Å²) in [5.74, 6) is -0.154. The van der Waals surface area contributed by atoms with Gasteiger partial charge >= 0.3 is 0 Å². The van der Waals surface area contributed by atoms with Crippen LogP contribution in [0.2, 0.25) is 0 Å². The van der Waals surface area contributed by atoms with Crippen LogP contribution in [-0.2, 0) is 14.8 Å². The quantitative estimate of drug-likeness (QED) is 0.816. The summed E-state index contributed by atoms with van der Waals surface area (Å²) in [6, 6.07) is 7.94. The maximum atomic E-state index is 12.1. The lowest BCUT2D eigenvalue weighted by Crippen LogP contribution is -2.34. The number of nitrogens with zero attached hydrogens (tertiary/aromatic N) is 2. The number of benzene rings is 1. The molecule has 1 saturated carbocycles. The fourth-order valence-electron chi connectivity index (χ4n) is 3.15. The van der Waals surface area contributed by atoms with Crippen LogP contribution in [0.3, 0.4) is 0 Å². The summed E-state index contributed by atoms with van der Waals surface area (Å²) in [7, 11) is -3.24. The van der Waals surface area contributed by atoms with Crippen molar-refractivity contribution in [3.8, 4) is 0 Å². The Kier molecular flexibility index (Phi) is 5.10. The third kappa shape index (κ3) is 4.48. The SMILES string of the molecule is CS(=O)(=O)N(CCC(=O)Nc1ccc(N2CCCC2)cc1)C1CC1. The lowest BCUT2D eigenvalue weighted by molar-refractivity contribution is -0.116. The highest BCUT2D eigenvalue weighted by molar-refractivity contribution is 7.88.